The Hall–Kier alpha value is -2.56. The van der Waals surface area contributed by atoms with Crippen molar-refractivity contribution in [3.8, 4) is 11.3 Å². The SMILES string of the molecule is O=c1[nH]nc(-c2ccc(CNS(=O)O)c(C(F)(F)F)c2)c2ccccc12. The van der Waals surface area contributed by atoms with Gasteiger partial charge in [0, 0.05) is 17.5 Å². The molecule has 136 valence electrons. The van der Waals surface area contributed by atoms with Gasteiger partial charge >= 0.3 is 6.18 Å². The van der Waals surface area contributed by atoms with Gasteiger partial charge in [-0.05, 0) is 17.7 Å². The lowest BCUT2D eigenvalue weighted by molar-refractivity contribution is -0.138. The molecule has 26 heavy (non-hydrogen) atoms. The fraction of sp³-hybridized carbons (Fsp3) is 0.125. The minimum atomic E-state index is -4.66. The summed E-state index contributed by atoms with van der Waals surface area (Å²) in [6, 6.07) is 9.99. The fourth-order valence-electron chi connectivity index (χ4n) is 2.62. The number of aromatic amines is 1. The Bertz CT molecular complexity index is 1050. The van der Waals surface area contributed by atoms with Crippen LogP contribution in [0, 0.1) is 0 Å². The summed E-state index contributed by atoms with van der Waals surface area (Å²) in [5.74, 6) is 0. The van der Waals surface area contributed by atoms with E-state index in [0.717, 1.165) is 6.07 Å². The van der Waals surface area contributed by atoms with Crippen LogP contribution in [-0.4, -0.2) is 19.0 Å². The summed E-state index contributed by atoms with van der Waals surface area (Å²) >= 11 is -2.43. The van der Waals surface area contributed by atoms with Crippen LogP contribution in [0.3, 0.4) is 0 Å². The number of benzene rings is 2. The first kappa shape index (κ1) is 18.2. The van der Waals surface area contributed by atoms with Crippen LogP contribution in [-0.2, 0) is 24.0 Å². The molecule has 0 radical (unpaired) electrons. The van der Waals surface area contributed by atoms with Gasteiger partial charge in [0.1, 0.15) is 0 Å². The second kappa shape index (κ2) is 6.98. The van der Waals surface area contributed by atoms with Crippen molar-refractivity contribution in [3.63, 3.8) is 0 Å². The zero-order chi connectivity index (χ0) is 18.9. The summed E-state index contributed by atoms with van der Waals surface area (Å²) in [7, 11) is 0. The third-order valence-electron chi connectivity index (χ3n) is 3.77. The van der Waals surface area contributed by atoms with Gasteiger partial charge in [0.25, 0.3) is 5.56 Å². The van der Waals surface area contributed by atoms with Crippen LogP contribution >= 0.6 is 0 Å². The molecule has 1 atom stereocenters. The van der Waals surface area contributed by atoms with Crippen molar-refractivity contribution in [2.75, 3.05) is 0 Å². The van der Waals surface area contributed by atoms with Crippen LogP contribution < -0.4 is 10.3 Å². The first-order valence-electron chi connectivity index (χ1n) is 7.29. The van der Waals surface area contributed by atoms with Crippen molar-refractivity contribution < 1.29 is 21.9 Å². The van der Waals surface area contributed by atoms with E-state index in [0.29, 0.717) is 10.8 Å². The molecule has 3 rings (SSSR count). The highest BCUT2D eigenvalue weighted by Gasteiger charge is 2.33. The molecule has 1 aromatic heterocycles. The number of fused-ring (bicyclic) bond motifs is 1. The van der Waals surface area contributed by atoms with E-state index in [-0.39, 0.29) is 16.8 Å². The molecule has 10 heteroatoms. The Morgan fingerprint density at radius 1 is 1.15 bits per heavy atom. The van der Waals surface area contributed by atoms with E-state index in [1.54, 1.807) is 24.3 Å². The number of hydrogen-bond acceptors (Lipinski definition) is 3. The highest BCUT2D eigenvalue weighted by atomic mass is 32.2. The quantitative estimate of drug-likeness (QED) is 0.604. The third kappa shape index (κ3) is 3.66. The molecular weight excluding hydrogens is 371 g/mol. The smallest absolute Gasteiger partial charge is 0.294 e. The van der Waals surface area contributed by atoms with Gasteiger partial charge in [0.15, 0.2) is 0 Å². The van der Waals surface area contributed by atoms with Gasteiger partial charge < -0.3 is 0 Å². The molecule has 3 N–H and O–H groups in total. The van der Waals surface area contributed by atoms with E-state index >= 15 is 0 Å². The van der Waals surface area contributed by atoms with Crippen LogP contribution in [0.5, 0.6) is 0 Å². The Kier molecular flexibility index (Phi) is 4.90. The molecule has 0 fully saturated rings. The predicted molar refractivity (Wildman–Crippen MR) is 90.4 cm³/mol. The molecule has 0 amide bonds. The van der Waals surface area contributed by atoms with E-state index in [9.17, 15) is 22.2 Å². The van der Waals surface area contributed by atoms with Crippen molar-refractivity contribution in [1.82, 2.24) is 14.9 Å². The summed E-state index contributed by atoms with van der Waals surface area (Å²) in [5.41, 5.74) is -1.20. The van der Waals surface area contributed by atoms with Gasteiger partial charge in [-0.2, -0.15) is 18.3 Å². The molecule has 2 aromatic carbocycles. The van der Waals surface area contributed by atoms with Crippen molar-refractivity contribution >= 4 is 22.0 Å². The number of nitrogens with one attached hydrogen (secondary N) is 2. The monoisotopic (exact) mass is 383 g/mol. The second-order valence-corrected chi connectivity index (χ2v) is 6.17. The van der Waals surface area contributed by atoms with E-state index < -0.39 is 35.1 Å². The molecule has 0 bridgehead atoms. The molecule has 3 aromatic rings. The van der Waals surface area contributed by atoms with E-state index in [1.165, 1.54) is 12.1 Å². The number of nitrogens with zero attached hydrogens (tertiary/aromatic N) is 1. The Balaban J connectivity index is 2.17. The summed E-state index contributed by atoms with van der Waals surface area (Å²) in [4.78, 5) is 11.8. The van der Waals surface area contributed by atoms with E-state index in [4.69, 9.17) is 4.55 Å². The van der Waals surface area contributed by atoms with Gasteiger partial charge in [-0.1, -0.05) is 30.3 Å². The lowest BCUT2D eigenvalue weighted by Gasteiger charge is -2.15. The fourth-order valence-corrected chi connectivity index (χ4v) is 2.90. The second-order valence-electron chi connectivity index (χ2n) is 5.39. The van der Waals surface area contributed by atoms with Crippen molar-refractivity contribution in [1.29, 1.82) is 0 Å². The van der Waals surface area contributed by atoms with Crippen LogP contribution in [0.2, 0.25) is 0 Å². The van der Waals surface area contributed by atoms with Gasteiger partial charge in [-0.3, -0.25) is 9.35 Å². The number of hydrogen-bond donors (Lipinski definition) is 3. The maximum absolute atomic E-state index is 13.4. The van der Waals surface area contributed by atoms with Gasteiger partial charge in [-0.25, -0.2) is 14.0 Å². The number of alkyl halides is 3. The first-order chi connectivity index (χ1) is 12.3. The number of H-pyrrole nitrogens is 1. The van der Waals surface area contributed by atoms with Gasteiger partial charge in [0.05, 0.1) is 16.6 Å². The molecule has 0 aliphatic carbocycles. The Morgan fingerprint density at radius 3 is 2.50 bits per heavy atom. The average Bonchev–Trinajstić information content (AvgIpc) is 2.60. The Morgan fingerprint density at radius 2 is 1.85 bits per heavy atom. The summed E-state index contributed by atoms with van der Waals surface area (Å²) < 4.78 is 61.6. The van der Waals surface area contributed by atoms with E-state index in [2.05, 4.69) is 10.2 Å². The predicted octanol–water partition coefficient (Wildman–Crippen LogP) is 2.84. The maximum Gasteiger partial charge on any atom is 0.416 e. The van der Waals surface area contributed by atoms with Crippen molar-refractivity contribution in [2.24, 2.45) is 0 Å². The molecule has 6 nitrogen and oxygen atoms in total. The zero-order valence-corrected chi connectivity index (χ0v) is 13.8. The largest absolute Gasteiger partial charge is 0.416 e. The minimum Gasteiger partial charge on any atom is -0.294 e. The third-order valence-corrected chi connectivity index (χ3v) is 4.16. The summed E-state index contributed by atoms with van der Waals surface area (Å²) in [6.45, 7) is -0.433. The highest BCUT2D eigenvalue weighted by Crippen LogP contribution is 2.35. The topological polar surface area (TPSA) is 95.1 Å². The van der Waals surface area contributed by atoms with Gasteiger partial charge in [0.2, 0.25) is 11.3 Å². The van der Waals surface area contributed by atoms with Crippen LogP contribution in [0.15, 0.2) is 47.3 Å². The molecular formula is C16H12F3N3O3S. The number of halogens is 3. The zero-order valence-electron chi connectivity index (χ0n) is 13.0. The van der Waals surface area contributed by atoms with Crippen molar-refractivity contribution in [2.45, 2.75) is 12.7 Å². The molecule has 0 saturated carbocycles. The first-order valence-corrected chi connectivity index (χ1v) is 8.40. The van der Waals surface area contributed by atoms with Crippen molar-refractivity contribution in [3.05, 3.63) is 63.9 Å². The molecule has 0 saturated heterocycles. The number of rotatable bonds is 4. The normalized spacial score (nSPS) is 13.1. The van der Waals surface area contributed by atoms with E-state index in [1.807, 2.05) is 4.72 Å². The van der Waals surface area contributed by atoms with Crippen LogP contribution in [0.1, 0.15) is 11.1 Å². The highest BCUT2D eigenvalue weighted by molar-refractivity contribution is 7.77. The molecule has 0 spiro atoms. The molecule has 0 aliphatic heterocycles. The minimum absolute atomic E-state index is 0.165. The van der Waals surface area contributed by atoms with Crippen LogP contribution in [0.25, 0.3) is 22.0 Å². The molecule has 1 heterocycles. The number of aromatic nitrogens is 2. The summed E-state index contributed by atoms with van der Waals surface area (Å²) in [6.07, 6.45) is -4.66. The molecule has 1 unspecified atom stereocenters. The lowest BCUT2D eigenvalue weighted by Crippen LogP contribution is -2.19. The van der Waals surface area contributed by atoms with Crippen LogP contribution in [0.4, 0.5) is 13.2 Å². The van der Waals surface area contributed by atoms with Gasteiger partial charge in [-0.15, -0.1) is 0 Å². The lowest BCUT2D eigenvalue weighted by atomic mass is 9.99. The average molecular weight is 383 g/mol. The Labute approximate surface area is 147 Å². The molecule has 0 aliphatic rings. The summed E-state index contributed by atoms with van der Waals surface area (Å²) in [5, 5.41) is 6.91. The standard InChI is InChI=1S/C16H12F3N3O3S/c17-16(18,19)13-7-9(5-6-10(13)8-20-26(24)25)14-11-3-1-2-4-12(11)15(23)22-21-14/h1-7,20H,8H2,(H,22,23)(H,24,25). The maximum atomic E-state index is 13.4.